The Morgan fingerprint density at radius 1 is 1.24 bits per heavy atom. The average molecular weight is 306 g/mol. The predicted molar refractivity (Wildman–Crippen MR) is 82.3 cm³/mol. The summed E-state index contributed by atoms with van der Waals surface area (Å²) in [6.07, 6.45) is 2.73. The molecule has 0 amide bonds. The highest BCUT2D eigenvalue weighted by Gasteiger charge is 2.13. The molecule has 2 aromatic rings. The fourth-order valence-electron chi connectivity index (χ4n) is 1.92. The van der Waals surface area contributed by atoms with Crippen LogP contribution in [-0.4, -0.2) is 26.3 Å². The Morgan fingerprint density at radius 3 is 2.76 bits per heavy atom. The van der Waals surface area contributed by atoms with Gasteiger partial charge in [0, 0.05) is 19.0 Å². The van der Waals surface area contributed by atoms with E-state index in [4.69, 9.17) is 4.74 Å². The lowest BCUT2D eigenvalue weighted by molar-refractivity contribution is 0.340. The zero-order valence-corrected chi connectivity index (χ0v) is 12.9. The molecule has 0 unspecified atom stereocenters. The van der Waals surface area contributed by atoms with Crippen LogP contribution in [0.15, 0.2) is 47.5 Å². The fourth-order valence-corrected chi connectivity index (χ4v) is 2.72. The summed E-state index contributed by atoms with van der Waals surface area (Å²) in [6, 6.07) is 10.8. The Kier molecular flexibility index (Phi) is 4.80. The topological polar surface area (TPSA) is 68.3 Å². The molecule has 0 saturated heterocycles. The molecule has 21 heavy (non-hydrogen) atoms. The summed E-state index contributed by atoms with van der Waals surface area (Å²) in [4.78, 5) is 4.30. The number of ether oxygens (including phenoxy) is 1. The van der Waals surface area contributed by atoms with E-state index in [1.165, 1.54) is 6.26 Å². The average Bonchev–Trinajstić information content (AvgIpc) is 2.45. The van der Waals surface area contributed by atoms with Crippen LogP contribution < -0.4 is 10.1 Å². The van der Waals surface area contributed by atoms with Crippen LogP contribution in [0.5, 0.6) is 5.75 Å². The lowest BCUT2D eigenvalue weighted by atomic mass is 10.2. The van der Waals surface area contributed by atoms with Crippen molar-refractivity contribution in [2.45, 2.75) is 18.4 Å². The van der Waals surface area contributed by atoms with Crippen LogP contribution in [0.4, 0.5) is 5.82 Å². The second-order valence-electron chi connectivity index (χ2n) is 4.56. The predicted octanol–water partition coefficient (Wildman–Crippen LogP) is 2.50. The number of nitrogens with zero attached hydrogens (tertiary/aromatic N) is 1. The van der Waals surface area contributed by atoms with E-state index in [0.717, 1.165) is 11.3 Å². The van der Waals surface area contributed by atoms with Crippen molar-refractivity contribution in [2.24, 2.45) is 0 Å². The molecule has 1 aromatic heterocycles. The number of anilines is 1. The molecule has 0 atom stereocenters. The molecule has 0 fully saturated rings. The summed E-state index contributed by atoms with van der Waals surface area (Å²) >= 11 is 0. The molecule has 1 N–H and O–H groups in total. The minimum atomic E-state index is -3.30. The van der Waals surface area contributed by atoms with E-state index in [2.05, 4.69) is 10.3 Å². The summed E-state index contributed by atoms with van der Waals surface area (Å²) in [7, 11) is -3.30. The second-order valence-corrected chi connectivity index (χ2v) is 6.54. The number of hydrogen-bond donors (Lipinski definition) is 1. The molecule has 0 spiro atoms. The van der Waals surface area contributed by atoms with E-state index in [-0.39, 0.29) is 4.90 Å². The zero-order valence-electron chi connectivity index (χ0n) is 12.0. The standard InChI is InChI=1S/C15H18N2O3S/c1-3-20-13-7-4-6-12(10-13)11-17-15-14(21(2,18)19)8-5-9-16-15/h4-10H,3,11H2,1-2H3,(H,16,17). The highest BCUT2D eigenvalue weighted by Crippen LogP contribution is 2.19. The highest BCUT2D eigenvalue weighted by molar-refractivity contribution is 7.90. The molecule has 0 aliphatic rings. The number of benzene rings is 1. The van der Waals surface area contributed by atoms with Crippen LogP contribution >= 0.6 is 0 Å². The van der Waals surface area contributed by atoms with Crippen LogP contribution in [0.1, 0.15) is 12.5 Å². The van der Waals surface area contributed by atoms with Gasteiger partial charge in [0.25, 0.3) is 0 Å². The van der Waals surface area contributed by atoms with Crippen molar-refractivity contribution in [1.82, 2.24) is 4.98 Å². The number of aromatic nitrogens is 1. The Labute approximate surface area is 124 Å². The molecular formula is C15H18N2O3S. The summed E-state index contributed by atoms with van der Waals surface area (Å²) in [5.41, 5.74) is 0.992. The number of pyridine rings is 1. The molecular weight excluding hydrogens is 288 g/mol. The Bertz CT molecular complexity index is 714. The number of nitrogens with one attached hydrogen (secondary N) is 1. The van der Waals surface area contributed by atoms with Crippen LogP contribution in [0, 0.1) is 0 Å². The quantitative estimate of drug-likeness (QED) is 0.888. The molecule has 112 valence electrons. The smallest absolute Gasteiger partial charge is 0.179 e. The van der Waals surface area contributed by atoms with Gasteiger partial charge in [-0.15, -0.1) is 0 Å². The van der Waals surface area contributed by atoms with Gasteiger partial charge in [0.2, 0.25) is 0 Å². The van der Waals surface area contributed by atoms with Crippen molar-refractivity contribution in [3.63, 3.8) is 0 Å². The van der Waals surface area contributed by atoms with Crippen molar-refractivity contribution < 1.29 is 13.2 Å². The molecule has 0 bridgehead atoms. The molecule has 0 aliphatic heterocycles. The van der Waals surface area contributed by atoms with Gasteiger partial charge in [-0.1, -0.05) is 12.1 Å². The van der Waals surface area contributed by atoms with Crippen LogP contribution in [0.25, 0.3) is 0 Å². The van der Waals surface area contributed by atoms with E-state index >= 15 is 0 Å². The highest BCUT2D eigenvalue weighted by atomic mass is 32.2. The minimum absolute atomic E-state index is 0.200. The van der Waals surface area contributed by atoms with Gasteiger partial charge in [0.15, 0.2) is 9.84 Å². The molecule has 1 aromatic carbocycles. The zero-order chi connectivity index (χ0) is 15.3. The summed E-state index contributed by atoms with van der Waals surface area (Å²) in [6.45, 7) is 3.01. The molecule has 2 rings (SSSR count). The Balaban J connectivity index is 2.15. The van der Waals surface area contributed by atoms with Crippen LogP contribution in [0.2, 0.25) is 0 Å². The normalized spacial score (nSPS) is 11.1. The third-order valence-corrected chi connectivity index (χ3v) is 3.97. The maximum atomic E-state index is 11.7. The first-order valence-electron chi connectivity index (χ1n) is 6.61. The van der Waals surface area contributed by atoms with Gasteiger partial charge in [-0.2, -0.15) is 0 Å². The molecule has 5 nitrogen and oxygen atoms in total. The minimum Gasteiger partial charge on any atom is -0.494 e. The third kappa shape index (κ3) is 4.19. The van der Waals surface area contributed by atoms with Gasteiger partial charge in [-0.25, -0.2) is 13.4 Å². The van der Waals surface area contributed by atoms with Gasteiger partial charge in [0.05, 0.1) is 6.61 Å². The Morgan fingerprint density at radius 2 is 2.05 bits per heavy atom. The first-order chi connectivity index (χ1) is 10.0. The first-order valence-corrected chi connectivity index (χ1v) is 8.50. The SMILES string of the molecule is CCOc1cccc(CNc2ncccc2S(C)(=O)=O)c1. The maximum absolute atomic E-state index is 11.7. The molecule has 1 heterocycles. The van der Waals surface area contributed by atoms with Crippen LogP contribution in [0.3, 0.4) is 0 Å². The van der Waals surface area contributed by atoms with Crippen molar-refractivity contribution in [3.05, 3.63) is 48.2 Å². The van der Waals surface area contributed by atoms with Crippen molar-refractivity contribution in [3.8, 4) is 5.75 Å². The molecule has 0 radical (unpaired) electrons. The van der Waals surface area contributed by atoms with E-state index in [1.807, 2.05) is 31.2 Å². The third-order valence-electron chi connectivity index (χ3n) is 2.84. The fraction of sp³-hybridized carbons (Fsp3) is 0.267. The summed E-state index contributed by atoms with van der Waals surface area (Å²) in [5, 5.41) is 3.06. The first kappa shape index (κ1) is 15.3. The number of rotatable bonds is 6. The summed E-state index contributed by atoms with van der Waals surface area (Å²) in [5.74, 6) is 1.16. The number of sulfone groups is 1. The van der Waals surface area contributed by atoms with E-state index in [9.17, 15) is 8.42 Å². The molecule has 0 aliphatic carbocycles. The summed E-state index contributed by atoms with van der Waals surface area (Å²) < 4.78 is 28.8. The van der Waals surface area contributed by atoms with Crippen molar-refractivity contribution >= 4 is 15.7 Å². The van der Waals surface area contributed by atoms with Crippen molar-refractivity contribution in [2.75, 3.05) is 18.2 Å². The lowest BCUT2D eigenvalue weighted by Gasteiger charge is -2.10. The van der Waals surface area contributed by atoms with Gasteiger partial charge in [-0.3, -0.25) is 0 Å². The van der Waals surface area contributed by atoms with Gasteiger partial charge < -0.3 is 10.1 Å². The Hall–Kier alpha value is -2.08. The number of hydrogen-bond acceptors (Lipinski definition) is 5. The van der Waals surface area contributed by atoms with Gasteiger partial charge in [0.1, 0.15) is 16.5 Å². The van der Waals surface area contributed by atoms with E-state index in [1.54, 1.807) is 18.3 Å². The van der Waals surface area contributed by atoms with Crippen LogP contribution in [-0.2, 0) is 16.4 Å². The van der Waals surface area contributed by atoms with E-state index < -0.39 is 9.84 Å². The van der Waals surface area contributed by atoms with E-state index in [0.29, 0.717) is 19.0 Å². The second kappa shape index (κ2) is 6.58. The molecule has 6 heteroatoms. The van der Waals surface area contributed by atoms with Gasteiger partial charge in [-0.05, 0) is 36.8 Å². The lowest BCUT2D eigenvalue weighted by Crippen LogP contribution is -2.08. The largest absolute Gasteiger partial charge is 0.494 e. The maximum Gasteiger partial charge on any atom is 0.179 e. The van der Waals surface area contributed by atoms with Gasteiger partial charge >= 0.3 is 0 Å². The monoisotopic (exact) mass is 306 g/mol. The molecule has 0 saturated carbocycles. The van der Waals surface area contributed by atoms with Crippen molar-refractivity contribution in [1.29, 1.82) is 0 Å².